The molecular formula is C14H20N4O3. The van der Waals surface area contributed by atoms with Gasteiger partial charge >= 0.3 is 0 Å². The zero-order valence-electron chi connectivity index (χ0n) is 12.1. The number of aliphatic hydroxyl groups excluding tert-OH is 1. The number of rotatable bonds is 5. The number of aryl methyl sites for hydroxylation is 1. The molecule has 7 nitrogen and oxygen atoms in total. The van der Waals surface area contributed by atoms with Crippen molar-refractivity contribution in [3.63, 3.8) is 0 Å². The minimum atomic E-state index is -0.617. The number of hydrogen-bond donors (Lipinski definition) is 1. The first-order valence-corrected chi connectivity index (χ1v) is 7.10. The number of hydrogen-bond acceptors (Lipinski definition) is 6. The van der Waals surface area contributed by atoms with Crippen LogP contribution in [0.5, 0.6) is 0 Å². The predicted octanol–water partition coefficient (Wildman–Crippen LogP) is 0.733. The van der Waals surface area contributed by atoms with E-state index in [9.17, 15) is 5.11 Å². The number of nitrogens with zero attached hydrogens (tertiary/aromatic N) is 4. The van der Waals surface area contributed by atoms with Gasteiger partial charge in [-0.15, -0.1) is 10.2 Å². The molecule has 2 aromatic heterocycles. The van der Waals surface area contributed by atoms with Crippen molar-refractivity contribution < 1.29 is 14.3 Å². The molecule has 1 aliphatic rings. The fourth-order valence-corrected chi connectivity index (χ4v) is 2.60. The van der Waals surface area contributed by atoms with Crippen LogP contribution >= 0.6 is 0 Å². The van der Waals surface area contributed by atoms with Crippen LogP contribution in [0.2, 0.25) is 0 Å². The van der Waals surface area contributed by atoms with Gasteiger partial charge in [0.2, 0.25) is 0 Å². The molecule has 21 heavy (non-hydrogen) atoms. The van der Waals surface area contributed by atoms with E-state index in [1.807, 2.05) is 11.6 Å². The van der Waals surface area contributed by atoms with Crippen LogP contribution in [0.3, 0.4) is 0 Å². The summed E-state index contributed by atoms with van der Waals surface area (Å²) in [6.45, 7) is 2.83. The summed E-state index contributed by atoms with van der Waals surface area (Å²) in [7, 11) is 1.93. The lowest BCUT2D eigenvalue weighted by Gasteiger charge is -2.35. The van der Waals surface area contributed by atoms with E-state index in [0.717, 1.165) is 12.4 Å². The highest BCUT2D eigenvalue weighted by Crippen LogP contribution is 2.23. The van der Waals surface area contributed by atoms with E-state index in [1.165, 1.54) is 0 Å². The monoisotopic (exact) mass is 292 g/mol. The minimum absolute atomic E-state index is 0.135. The first-order valence-electron chi connectivity index (χ1n) is 7.10. The van der Waals surface area contributed by atoms with Crippen LogP contribution < -0.4 is 0 Å². The molecule has 0 spiro atoms. The van der Waals surface area contributed by atoms with Gasteiger partial charge < -0.3 is 18.8 Å². The van der Waals surface area contributed by atoms with Crippen molar-refractivity contribution in [1.29, 1.82) is 0 Å². The first kappa shape index (κ1) is 14.2. The Morgan fingerprint density at radius 2 is 2.43 bits per heavy atom. The highest BCUT2D eigenvalue weighted by atomic mass is 16.5. The molecule has 1 aliphatic heterocycles. The summed E-state index contributed by atoms with van der Waals surface area (Å²) in [5, 5.41) is 18.3. The third-order valence-electron chi connectivity index (χ3n) is 3.87. The summed E-state index contributed by atoms with van der Waals surface area (Å²) in [6.07, 6.45) is 3.23. The maximum atomic E-state index is 10.3. The van der Waals surface area contributed by atoms with Gasteiger partial charge in [-0.3, -0.25) is 4.90 Å². The van der Waals surface area contributed by atoms with Crippen LogP contribution in [0.1, 0.15) is 24.1 Å². The molecule has 3 rings (SSSR count). The summed E-state index contributed by atoms with van der Waals surface area (Å²) in [5.41, 5.74) is 0. The van der Waals surface area contributed by atoms with Gasteiger partial charge in [-0.1, -0.05) is 0 Å². The number of ether oxygens (including phenoxy) is 1. The van der Waals surface area contributed by atoms with Gasteiger partial charge in [-0.05, 0) is 18.6 Å². The smallest absolute Gasteiger partial charge is 0.146 e. The summed E-state index contributed by atoms with van der Waals surface area (Å²) in [6, 6.07) is 3.71. The van der Waals surface area contributed by atoms with E-state index in [0.29, 0.717) is 31.9 Å². The van der Waals surface area contributed by atoms with Gasteiger partial charge in [0, 0.05) is 19.6 Å². The fourth-order valence-electron chi connectivity index (χ4n) is 2.60. The molecule has 114 valence electrons. The molecule has 0 aliphatic carbocycles. The Morgan fingerprint density at radius 1 is 1.52 bits per heavy atom. The third kappa shape index (κ3) is 3.31. The Morgan fingerprint density at radius 3 is 3.14 bits per heavy atom. The second-order valence-electron chi connectivity index (χ2n) is 5.32. The lowest BCUT2D eigenvalue weighted by molar-refractivity contribution is -0.0335. The molecule has 2 atom stereocenters. The fraction of sp³-hybridized carbons (Fsp3) is 0.571. The Balaban J connectivity index is 1.65. The summed E-state index contributed by atoms with van der Waals surface area (Å²) < 4.78 is 12.7. The highest BCUT2D eigenvalue weighted by molar-refractivity contribution is 5.02. The molecule has 2 aromatic rings. The van der Waals surface area contributed by atoms with Crippen LogP contribution in [0.15, 0.2) is 29.1 Å². The summed E-state index contributed by atoms with van der Waals surface area (Å²) in [5.74, 6) is 1.51. The average Bonchev–Trinajstić information content (AvgIpc) is 3.13. The lowest BCUT2D eigenvalue weighted by atomic mass is 10.1. The van der Waals surface area contributed by atoms with E-state index >= 15 is 0 Å². The van der Waals surface area contributed by atoms with Crippen molar-refractivity contribution in [1.82, 2.24) is 19.7 Å². The maximum Gasteiger partial charge on any atom is 0.146 e. The molecule has 1 N–H and O–H groups in total. The summed E-state index contributed by atoms with van der Waals surface area (Å²) in [4.78, 5) is 2.28. The van der Waals surface area contributed by atoms with Crippen LogP contribution in [0, 0.1) is 0 Å². The van der Waals surface area contributed by atoms with Crippen molar-refractivity contribution in [3.05, 3.63) is 36.3 Å². The number of aromatic nitrogens is 3. The van der Waals surface area contributed by atoms with Crippen molar-refractivity contribution in [2.24, 2.45) is 7.05 Å². The quantitative estimate of drug-likeness (QED) is 0.875. The van der Waals surface area contributed by atoms with Gasteiger partial charge in [-0.25, -0.2) is 0 Å². The molecule has 2 unspecified atom stereocenters. The molecule has 1 fully saturated rings. The minimum Gasteiger partial charge on any atom is -0.467 e. The van der Waals surface area contributed by atoms with Gasteiger partial charge in [0.25, 0.3) is 0 Å². The number of morpholine rings is 1. The van der Waals surface area contributed by atoms with Crippen molar-refractivity contribution in [2.75, 3.05) is 19.8 Å². The van der Waals surface area contributed by atoms with E-state index in [4.69, 9.17) is 9.15 Å². The second kappa shape index (κ2) is 6.38. The maximum absolute atomic E-state index is 10.3. The third-order valence-corrected chi connectivity index (χ3v) is 3.87. The molecule has 3 heterocycles. The predicted molar refractivity (Wildman–Crippen MR) is 74.3 cm³/mol. The molecule has 0 bridgehead atoms. The van der Waals surface area contributed by atoms with Crippen molar-refractivity contribution in [2.45, 2.75) is 25.1 Å². The van der Waals surface area contributed by atoms with Crippen molar-refractivity contribution in [3.8, 4) is 0 Å². The Bertz CT molecular complexity index is 554. The van der Waals surface area contributed by atoms with Gasteiger partial charge in [0.15, 0.2) is 0 Å². The molecular weight excluding hydrogens is 272 g/mol. The number of furan rings is 1. The van der Waals surface area contributed by atoms with Crippen molar-refractivity contribution >= 4 is 0 Å². The standard InChI is InChI=1S/C14H20N4O3/c1-17-10-15-16-14(17)8-18-4-6-20-9-11(18)7-12(19)13-3-2-5-21-13/h2-3,5,10-12,19H,4,6-9H2,1H3. The Labute approximate surface area is 123 Å². The van der Waals surface area contributed by atoms with E-state index < -0.39 is 6.10 Å². The first-order chi connectivity index (χ1) is 10.2. The van der Waals surface area contributed by atoms with Gasteiger partial charge in [-0.2, -0.15) is 0 Å². The Hall–Kier alpha value is -1.70. The zero-order chi connectivity index (χ0) is 14.7. The number of aliphatic hydroxyl groups is 1. The van der Waals surface area contributed by atoms with Crippen LogP contribution in [0.4, 0.5) is 0 Å². The molecule has 7 heteroatoms. The Kier molecular flexibility index (Phi) is 4.33. The average molecular weight is 292 g/mol. The zero-order valence-corrected chi connectivity index (χ0v) is 12.1. The molecule has 1 saturated heterocycles. The molecule has 0 radical (unpaired) electrons. The largest absolute Gasteiger partial charge is 0.467 e. The van der Waals surface area contributed by atoms with E-state index in [1.54, 1.807) is 24.7 Å². The topological polar surface area (TPSA) is 76.6 Å². The molecule has 0 amide bonds. The molecule has 0 aromatic carbocycles. The summed E-state index contributed by atoms with van der Waals surface area (Å²) >= 11 is 0. The molecule has 0 saturated carbocycles. The van der Waals surface area contributed by atoms with E-state index in [2.05, 4.69) is 15.1 Å². The van der Waals surface area contributed by atoms with Crippen LogP contribution in [-0.2, 0) is 18.3 Å². The van der Waals surface area contributed by atoms with Gasteiger partial charge in [0.05, 0.1) is 26.0 Å². The van der Waals surface area contributed by atoms with Gasteiger partial charge in [0.1, 0.15) is 24.0 Å². The van der Waals surface area contributed by atoms with Crippen LogP contribution in [0.25, 0.3) is 0 Å². The van der Waals surface area contributed by atoms with Crippen LogP contribution in [-0.4, -0.2) is 50.6 Å². The SMILES string of the molecule is Cn1cnnc1CN1CCOCC1CC(O)c1ccco1. The lowest BCUT2D eigenvalue weighted by Crippen LogP contribution is -2.46. The van der Waals surface area contributed by atoms with E-state index in [-0.39, 0.29) is 6.04 Å². The normalized spacial score (nSPS) is 21.5. The highest BCUT2D eigenvalue weighted by Gasteiger charge is 2.27. The second-order valence-corrected chi connectivity index (χ2v) is 5.32.